The summed E-state index contributed by atoms with van der Waals surface area (Å²) in [5, 5.41) is 0. The highest BCUT2D eigenvalue weighted by molar-refractivity contribution is 8.06. The Balaban J connectivity index is 3.18. The van der Waals surface area contributed by atoms with Crippen LogP contribution in [0, 0.1) is 5.92 Å². The molecule has 0 fully saturated rings. The molecule has 0 spiro atoms. The number of thioether (sulfide) groups is 1. The molecule has 30 heavy (non-hydrogen) atoms. The monoisotopic (exact) mass is 426 g/mol. The van der Waals surface area contributed by atoms with Gasteiger partial charge in [-0.1, -0.05) is 95.6 Å². The van der Waals surface area contributed by atoms with Gasteiger partial charge in [0.05, 0.1) is 0 Å². The highest BCUT2D eigenvalue weighted by Gasteiger charge is 2.18. The molecule has 0 aliphatic carbocycles. The lowest BCUT2D eigenvalue weighted by atomic mass is 9.93. The van der Waals surface area contributed by atoms with Crippen LogP contribution in [-0.4, -0.2) is 0 Å². The van der Waals surface area contributed by atoms with Gasteiger partial charge in [-0.25, -0.2) is 4.39 Å². The third kappa shape index (κ3) is 7.80. The maximum atomic E-state index is 14.2. The molecule has 0 radical (unpaired) electrons. The Hall–Kier alpha value is -1.80. The van der Waals surface area contributed by atoms with E-state index >= 15 is 0 Å². The van der Waals surface area contributed by atoms with E-state index in [1.54, 1.807) is 25.6 Å². The third-order valence-corrected chi connectivity index (χ3v) is 6.56. The summed E-state index contributed by atoms with van der Waals surface area (Å²) in [6.07, 6.45) is 7.82. The molecular formula is C28H39FS. The van der Waals surface area contributed by atoms with Gasteiger partial charge in [0, 0.05) is 4.91 Å². The van der Waals surface area contributed by atoms with Gasteiger partial charge < -0.3 is 0 Å². The smallest absolute Gasteiger partial charge is 0.130 e. The van der Waals surface area contributed by atoms with Gasteiger partial charge in [0.25, 0.3) is 0 Å². The molecule has 1 aromatic carbocycles. The van der Waals surface area contributed by atoms with Crippen molar-refractivity contribution in [1.29, 1.82) is 0 Å². The Morgan fingerprint density at radius 2 is 1.73 bits per heavy atom. The summed E-state index contributed by atoms with van der Waals surface area (Å²) >= 11 is 1.77. The van der Waals surface area contributed by atoms with Gasteiger partial charge in [-0.3, -0.25) is 0 Å². The summed E-state index contributed by atoms with van der Waals surface area (Å²) < 4.78 is 14.2. The van der Waals surface area contributed by atoms with E-state index in [0.717, 1.165) is 41.7 Å². The van der Waals surface area contributed by atoms with Crippen LogP contribution in [-0.2, 0) is 12.1 Å². The van der Waals surface area contributed by atoms with Crippen molar-refractivity contribution in [3.8, 4) is 0 Å². The minimum absolute atomic E-state index is 0.464. The quantitative estimate of drug-likeness (QED) is 0.300. The molecule has 0 bridgehead atoms. The van der Waals surface area contributed by atoms with Crippen LogP contribution in [0.4, 0.5) is 4.39 Å². The van der Waals surface area contributed by atoms with E-state index in [4.69, 9.17) is 0 Å². The summed E-state index contributed by atoms with van der Waals surface area (Å²) in [5.74, 6) is 0.464. The molecule has 0 N–H and O–H groups in total. The summed E-state index contributed by atoms with van der Waals surface area (Å²) in [7, 11) is 0. The fraction of sp³-hybridized carbons (Fsp3) is 0.429. The summed E-state index contributed by atoms with van der Waals surface area (Å²) in [6.45, 7) is 24.6. The lowest BCUT2D eigenvalue weighted by Crippen LogP contribution is -2.08. The predicted molar refractivity (Wildman–Crippen MR) is 135 cm³/mol. The standard InChI is InChI=1S/C28H39FS/c1-10-13-27(20(4)5)30-22(7)26(25(12-3)21(6)11-2)19-16-23-14-17-24(18-15-23)28(8,9)29/h12-15,17-18,20H,3,6-7,10-11,16,19H2,1-2,4-5,8-9H3/b26-25+,27-13-. The first-order chi connectivity index (χ1) is 14.0. The highest BCUT2D eigenvalue weighted by atomic mass is 32.2. The fourth-order valence-corrected chi connectivity index (χ4v) is 4.34. The number of alkyl halides is 1. The average Bonchev–Trinajstić information content (AvgIpc) is 2.69. The van der Waals surface area contributed by atoms with Crippen LogP contribution < -0.4 is 0 Å². The number of rotatable bonds is 12. The van der Waals surface area contributed by atoms with Crippen molar-refractivity contribution in [3.63, 3.8) is 0 Å². The van der Waals surface area contributed by atoms with Crippen molar-refractivity contribution in [2.75, 3.05) is 0 Å². The van der Waals surface area contributed by atoms with E-state index < -0.39 is 5.67 Å². The van der Waals surface area contributed by atoms with Crippen molar-refractivity contribution in [2.24, 2.45) is 5.92 Å². The Morgan fingerprint density at radius 3 is 2.17 bits per heavy atom. The molecule has 1 rings (SSSR count). The van der Waals surface area contributed by atoms with Crippen molar-refractivity contribution >= 4 is 11.8 Å². The maximum absolute atomic E-state index is 14.2. The first kappa shape index (κ1) is 26.2. The molecule has 0 atom stereocenters. The minimum atomic E-state index is -1.32. The van der Waals surface area contributed by atoms with Gasteiger partial charge in [-0.05, 0) is 78.2 Å². The average molecular weight is 427 g/mol. The number of benzene rings is 1. The van der Waals surface area contributed by atoms with E-state index in [2.05, 4.69) is 53.5 Å². The number of hydrogen-bond donors (Lipinski definition) is 0. The normalized spacial score (nSPS) is 13.3. The molecule has 0 aliphatic rings. The van der Waals surface area contributed by atoms with E-state index in [-0.39, 0.29) is 0 Å². The van der Waals surface area contributed by atoms with Crippen molar-refractivity contribution in [2.45, 2.75) is 72.9 Å². The Labute approximate surface area is 188 Å². The number of allylic oxidation sites excluding steroid dienone is 6. The topological polar surface area (TPSA) is 0 Å². The molecule has 164 valence electrons. The van der Waals surface area contributed by atoms with Crippen LogP contribution in [0.15, 0.2) is 82.7 Å². The van der Waals surface area contributed by atoms with E-state index in [0.29, 0.717) is 11.5 Å². The summed E-state index contributed by atoms with van der Waals surface area (Å²) in [4.78, 5) is 2.41. The van der Waals surface area contributed by atoms with Gasteiger partial charge in [0.1, 0.15) is 5.67 Å². The molecule has 1 aromatic rings. The first-order valence-electron chi connectivity index (χ1n) is 10.9. The van der Waals surface area contributed by atoms with Gasteiger partial charge in [-0.2, -0.15) is 0 Å². The Kier molecular flexibility index (Phi) is 10.6. The summed E-state index contributed by atoms with van der Waals surface area (Å²) in [6, 6.07) is 7.84. The highest BCUT2D eigenvalue weighted by Crippen LogP contribution is 2.39. The molecule has 0 unspecified atom stereocenters. The third-order valence-electron chi connectivity index (χ3n) is 5.19. The molecule has 2 heteroatoms. The Bertz CT molecular complexity index is 798. The zero-order chi connectivity index (χ0) is 22.9. The van der Waals surface area contributed by atoms with Crippen LogP contribution in [0.3, 0.4) is 0 Å². The van der Waals surface area contributed by atoms with Crippen LogP contribution in [0.2, 0.25) is 0 Å². The van der Waals surface area contributed by atoms with Gasteiger partial charge >= 0.3 is 0 Å². The molecular weight excluding hydrogens is 387 g/mol. The van der Waals surface area contributed by atoms with Crippen molar-refractivity contribution in [1.82, 2.24) is 0 Å². The van der Waals surface area contributed by atoms with Crippen LogP contribution in [0.25, 0.3) is 0 Å². The van der Waals surface area contributed by atoms with Crippen LogP contribution in [0.5, 0.6) is 0 Å². The Morgan fingerprint density at radius 1 is 1.13 bits per heavy atom. The van der Waals surface area contributed by atoms with Crippen molar-refractivity contribution in [3.05, 3.63) is 93.8 Å². The molecule has 0 aromatic heterocycles. The number of halogens is 1. The lowest BCUT2D eigenvalue weighted by Gasteiger charge is -2.20. The fourth-order valence-electron chi connectivity index (χ4n) is 3.23. The second-order valence-electron chi connectivity index (χ2n) is 8.42. The largest absolute Gasteiger partial charge is 0.239 e. The van der Waals surface area contributed by atoms with Crippen LogP contribution >= 0.6 is 11.8 Å². The SMILES string of the molecule is C=C/C(C(=C)CC)=C(/CCc1ccc(C(C)(C)F)cc1)C(=C)S/C(=C\CC)C(C)C. The van der Waals surface area contributed by atoms with E-state index in [1.165, 1.54) is 16.0 Å². The van der Waals surface area contributed by atoms with Gasteiger partial charge in [0.2, 0.25) is 0 Å². The number of aryl methyl sites for hydroxylation is 1. The first-order valence-corrected chi connectivity index (χ1v) is 11.8. The lowest BCUT2D eigenvalue weighted by molar-refractivity contribution is 0.221. The second-order valence-corrected chi connectivity index (χ2v) is 9.59. The molecule has 0 aliphatic heterocycles. The van der Waals surface area contributed by atoms with E-state index in [1.807, 2.05) is 30.3 Å². The van der Waals surface area contributed by atoms with E-state index in [9.17, 15) is 4.39 Å². The molecule has 0 saturated carbocycles. The van der Waals surface area contributed by atoms with Crippen LogP contribution in [0.1, 0.15) is 71.9 Å². The number of hydrogen-bond acceptors (Lipinski definition) is 1. The minimum Gasteiger partial charge on any atom is -0.239 e. The second kappa shape index (κ2) is 12.2. The predicted octanol–water partition coefficient (Wildman–Crippen LogP) is 9.47. The maximum Gasteiger partial charge on any atom is 0.130 e. The van der Waals surface area contributed by atoms with Crippen molar-refractivity contribution < 1.29 is 4.39 Å². The molecule has 0 heterocycles. The van der Waals surface area contributed by atoms with Gasteiger partial charge in [-0.15, -0.1) is 0 Å². The molecule has 0 nitrogen and oxygen atoms in total. The molecule has 0 saturated heterocycles. The summed E-state index contributed by atoms with van der Waals surface area (Å²) in [5.41, 5.74) is 3.98. The molecule has 0 amide bonds. The van der Waals surface area contributed by atoms with Gasteiger partial charge in [0.15, 0.2) is 0 Å². The zero-order valence-electron chi connectivity index (χ0n) is 19.8. The zero-order valence-corrected chi connectivity index (χ0v) is 20.6.